The molecule has 2 nitrogen and oxygen atoms in total. The summed E-state index contributed by atoms with van der Waals surface area (Å²) in [6, 6.07) is 0. The molecule has 0 amide bonds. The summed E-state index contributed by atoms with van der Waals surface area (Å²) in [5, 5.41) is 0. The lowest BCUT2D eigenvalue weighted by Gasteiger charge is -2.30. The summed E-state index contributed by atoms with van der Waals surface area (Å²) in [7, 11) is 2.10. The van der Waals surface area contributed by atoms with Gasteiger partial charge in [-0.3, -0.25) is 0 Å². The van der Waals surface area contributed by atoms with E-state index in [1.165, 1.54) is 6.42 Å². The maximum atomic E-state index is 11.6. The average Bonchev–Trinajstić information content (AvgIpc) is 2.17. The smallest absolute Gasteiger partial charge is 0.212 e. The first-order chi connectivity index (χ1) is 9.59. The van der Waals surface area contributed by atoms with Crippen molar-refractivity contribution in [2.45, 2.75) is 81.1 Å². The Morgan fingerprint density at radius 3 is 1.68 bits per heavy atom. The Balaban J connectivity index is 4.74. The zero-order valence-electron chi connectivity index (χ0n) is 15.9. The van der Waals surface area contributed by atoms with Crippen molar-refractivity contribution >= 4 is 19.7 Å². The van der Waals surface area contributed by atoms with Crippen LogP contribution in [0.1, 0.15) is 81.1 Å². The van der Waals surface area contributed by atoms with Gasteiger partial charge in [0.1, 0.15) is 0 Å². The van der Waals surface area contributed by atoms with Gasteiger partial charge in [0, 0.05) is 10.7 Å². The normalized spacial score (nSPS) is 18.0. The summed E-state index contributed by atoms with van der Waals surface area (Å²) in [6.07, 6.45) is 4.21. The van der Waals surface area contributed by atoms with Gasteiger partial charge in [0.2, 0.25) is 9.05 Å². The third-order valence-corrected chi connectivity index (χ3v) is 5.35. The fourth-order valence-electron chi connectivity index (χ4n) is 3.57. The van der Waals surface area contributed by atoms with Crippen LogP contribution in [0, 0.1) is 28.6 Å². The van der Waals surface area contributed by atoms with Crippen LogP contribution in [0.25, 0.3) is 0 Å². The zero-order chi connectivity index (χ0) is 17.8. The summed E-state index contributed by atoms with van der Waals surface area (Å²) < 4.78 is 23.1. The van der Waals surface area contributed by atoms with Gasteiger partial charge in [-0.2, -0.15) is 0 Å². The van der Waals surface area contributed by atoms with E-state index in [0.29, 0.717) is 17.3 Å². The van der Waals surface area contributed by atoms with Crippen LogP contribution < -0.4 is 0 Å². The second-order valence-electron chi connectivity index (χ2n) is 9.65. The SMILES string of the molecule is C[C@@H](CC[C@@H](CS(=O)(=O)Cl)[C@@H](C)CC(C)(C)C)CC(C)(C)C. The lowest BCUT2D eigenvalue weighted by Crippen LogP contribution is -2.25. The van der Waals surface area contributed by atoms with Crippen molar-refractivity contribution in [3.05, 3.63) is 0 Å². The van der Waals surface area contributed by atoms with Crippen LogP contribution in [0.5, 0.6) is 0 Å². The lowest BCUT2D eigenvalue weighted by atomic mass is 9.77. The van der Waals surface area contributed by atoms with E-state index in [1.54, 1.807) is 0 Å². The van der Waals surface area contributed by atoms with E-state index >= 15 is 0 Å². The van der Waals surface area contributed by atoms with Crippen molar-refractivity contribution in [2.24, 2.45) is 28.6 Å². The molecule has 4 heteroatoms. The Bertz CT molecular complexity index is 415. The molecule has 0 aromatic rings. The van der Waals surface area contributed by atoms with Crippen molar-refractivity contribution in [3.8, 4) is 0 Å². The van der Waals surface area contributed by atoms with Crippen LogP contribution in [0.2, 0.25) is 0 Å². The highest BCUT2D eigenvalue weighted by molar-refractivity contribution is 8.13. The highest BCUT2D eigenvalue weighted by Crippen LogP contribution is 2.34. The lowest BCUT2D eigenvalue weighted by molar-refractivity contribution is 0.223. The van der Waals surface area contributed by atoms with Gasteiger partial charge in [0.05, 0.1) is 5.75 Å². The summed E-state index contributed by atoms with van der Waals surface area (Å²) in [6.45, 7) is 17.8. The van der Waals surface area contributed by atoms with Gasteiger partial charge < -0.3 is 0 Å². The van der Waals surface area contributed by atoms with Crippen molar-refractivity contribution in [2.75, 3.05) is 5.75 Å². The van der Waals surface area contributed by atoms with Gasteiger partial charge in [0.25, 0.3) is 0 Å². The minimum absolute atomic E-state index is 0.105. The Kier molecular flexibility index (Phi) is 8.46. The predicted octanol–water partition coefficient (Wildman–Crippen LogP) is 6.10. The molecule has 0 aliphatic rings. The molecule has 3 atom stereocenters. The first-order valence-electron chi connectivity index (χ1n) is 8.51. The van der Waals surface area contributed by atoms with Crippen LogP contribution in [-0.4, -0.2) is 14.2 Å². The average molecular weight is 353 g/mol. The molecule has 0 spiro atoms. The second-order valence-corrected chi connectivity index (χ2v) is 12.5. The van der Waals surface area contributed by atoms with E-state index in [0.717, 1.165) is 19.3 Å². The molecule has 0 aliphatic carbocycles. The van der Waals surface area contributed by atoms with Crippen LogP contribution in [0.4, 0.5) is 0 Å². The zero-order valence-corrected chi connectivity index (χ0v) is 17.4. The van der Waals surface area contributed by atoms with E-state index < -0.39 is 9.05 Å². The molecular weight excluding hydrogens is 316 g/mol. The van der Waals surface area contributed by atoms with Crippen LogP contribution >= 0.6 is 10.7 Å². The van der Waals surface area contributed by atoms with Gasteiger partial charge in [-0.05, 0) is 47.8 Å². The molecule has 0 unspecified atom stereocenters. The number of halogens is 1. The van der Waals surface area contributed by atoms with E-state index in [1.807, 2.05) is 0 Å². The Morgan fingerprint density at radius 2 is 1.32 bits per heavy atom. The van der Waals surface area contributed by atoms with E-state index in [2.05, 4.69) is 55.4 Å². The highest BCUT2D eigenvalue weighted by atomic mass is 35.7. The maximum absolute atomic E-state index is 11.6. The van der Waals surface area contributed by atoms with Crippen LogP contribution in [-0.2, 0) is 9.05 Å². The molecule has 22 heavy (non-hydrogen) atoms. The molecule has 0 N–H and O–H groups in total. The fourth-order valence-corrected chi connectivity index (χ4v) is 5.06. The van der Waals surface area contributed by atoms with Crippen LogP contribution in [0.3, 0.4) is 0 Å². The van der Waals surface area contributed by atoms with E-state index in [-0.39, 0.29) is 17.1 Å². The standard InChI is InChI=1S/C18H37ClO2S/c1-14(11-17(3,4)5)9-10-16(13-22(19,20)21)15(2)12-18(6,7)8/h14-16H,9-13H2,1-8H3/t14-,15-,16-/m0/s1. The molecule has 0 aromatic heterocycles. The molecule has 0 radical (unpaired) electrons. The molecule has 0 aromatic carbocycles. The van der Waals surface area contributed by atoms with Gasteiger partial charge in [-0.25, -0.2) is 8.42 Å². The van der Waals surface area contributed by atoms with E-state index in [9.17, 15) is 8.42 Å². The highest BCUT2D eigenvalue weighted by Gasteiger charge is 2.27. The summed E-state index contributed by atoms with van der Waals surface area (Å²) in [5.74, 6) is 1.25. The summed E-state index contributed by atoms with van der Waals surface area (Å²) in [4.78, 5) is 0. The minimum Gasteiger partial charge on any atom is -0.212 e. The third-order valence-electron chi connectivity index (χ3n) is 4.14. The molecule has 0 rings (SSSR count). The molecule has 0 bridgehead atoms. The predicted molar refractivity (Wildman–Crippen MR) is 98.8 cm³/mol. The molecule has 134 valence electrons. The largest absolute Gasteiger partial charge is 0.232 e. The second kappa shape index (κ2) is 8.37. The summed E-state index contributed by atoms with van der Waals surface area (Å²) in [5.41, 5.74) is 0.537. The first-order valence-corrected chi connectivity index (χ1v) is 11.0. The quantitative estimate of drug-likeness (QED) is 0.495. The number of hydrogen-bond acceptors (Lipinski definition) is 2. The third kappa shape index (κ3) is 12.8. The Morgan fingerprint density at radius 1 is 0.864 bits per heavy atom. The molecule has 0 fully saturated rings. The van der Waals surface area contributed by atoms with Crippen molar-refractivity contribution < 1.29 is 8.42 Å². The van der Waals surface area contributed by atoms with Crippen molar-refractivity contribution in [1.82, 2.24) is 0 Å². The van der Waals surface area contributed by atoms with Crippen molar-refractivity contribution in [1.29, 1.82) is 0 Å². The van der Waals surface area contributed by atoms with Gasteiger partial charge in [-0.1, -0.05) is 61.8 Å². The van der Waals surface area contributed by atoms with Gasteiger partial charge in [0.15, 0.2) is 0 Å². The number of hydrogen-bond donors (Lipinski definition) is 0. The van der Waals surface area contributed by atoms with Gasteiger partial charge in [-0.15, -0.1) is 0 Å². The number of rotatable bonds is 8. The Labute approximate surface area is 143 Å². The molecule has 0 heterocycles. The molecule has 0 aliphatic heterocycles. The monoisotopic (exact) mass is 352 g/mol. The summed E-state index contributed by atoms with van der Waals surface area (Å²) >= 11 is 0. The molecular formula is C18H37ClO2S. The first kappa shape index (κ1) is 22.2. The van der Waals surface area contributed by atoms with E-state index in [4.69, 9.17) is 10.7 Å². The fraction of sp³-hybridized carbons (Fsp3) is 1.00. The topological polar surface area (TPSA) is 34.1 Å². The Hall–Kier alpha value is 0.240. The van der Waals surface area contributed by atoms with Crippen molar-refractivity contribution in [3.63, 3.8) is 0 Å². The molecule has 0 saturated carbocycles. The minimum atomic E-state index is -3.43. The van der Waals surface area contributed by atoms with Gasteiger partial charge >= 0.3 is 0 Å². The van der Waals surface area contributed by atoms with Crippen LogP contribution in [0.15, 0.2) is 0 Å². The molecule has 0 saturated heterocycles. The maximum Gasteiger partial charge on any atom is 0.232 e.